The molecule has 0 aromatic heterocycles. The molecular weight excluding hydrogens is 186 g/mol. The molecule has 1 aliphatic rings. The molecule has 0 aromatic rings. The van der Waals surface area contributed by atoms with Crippen molar-refractivity contribution >= 4 is 12.4 Å². The smallest absolute Gasteiger partial charge is 0.411 e. The molecule has 0 spiro atoms. The molecule has 1 amide bonds. The first-order chi connectivity index (χ1) is 6.35. The maximum absolute atomic E-state index is 11.4. The number of likely N-dealkylation sites (tertiary alicyclic amines) is 1. The summed E-state index contributed by atoms with van der Waals surface area (Å²) in [5, 5.41) is 9.14. The SMILES string of the molecule is CC(C)(C)OC(=O)N1C[C@@H](O)[C@H]1C=O. The number of hydrogen-bond donors (Lipinski definition) is 1. The Bertz CT molecular complexity index is 246. The van der Waals surface area contributed by atoms with Gasteiger partial charge in [-0.25, -0.2) is 4.79 Å². The number of aliphatic hydroxyl groups is 1. The standard InChI is InChI=1S/C9H15NO4/c1-9(2,3)14-8(13)10-4-7(12)6(10)5-11/h5-7,12H,4H2,1-3H3/t6-,7-/m1/s1. The molecule has 1 aliphatic heterocycles. The summed E-state index contributed by atoms with van der Waals surface area (Å²) in [6.45, 7) is 5.41. The lowest BCUT2D eigenvalue weighted by Gasteiger charge is -2.42. The molecule has 0 aromatic carbocycles. The fraction of sp³-hybridized carbons (Fsp3) is 0.778. The number of aldehydes is 1. The summed E-state index contributed by atoms with van der Waals surface area (Å²) in [6, 6.07) is -0.746. The highest BCUT2D eigenvalue weighted by Crippen LogP contribution is 2.20. The topological polar surface area (TPSA) is 66.8 Å². The van der Waals surface area contributed by atoms with Gasteiger partial charge in [0.15, 0.2) is 0 Å². The number of carbonyl (C=O) groups excluding carboxylic acids is 2. The van der Waals surface area contributed by atoms with E-state index < -0.39 is 23.8 Å². The summed E-state index contributed by atoms with van der Waals surface area (Å²) in [7, 11) is 0. The first kappa shape index (κ1) is 11.0. The molecule has 1 rings (SSSR count). The molecule has 1 N–H and O–H groups in total. The second kappa shape index (κ2) is 3.57. The first-order valence-corrected chi connectivity index (χ1v) is 4.48. The minimum Gasteiger partial charge on any atom is -0.444 e. The van der Waals surface area contributed by atoms with Crippen LogP contribution < -0.4 is 0 Å². The van der Waals surface area contributed by atoms with Gasteiger partial charge < -0.3 is 14.6 Å². The summed E-state index contributed by atoms with van der Waals surface area (Å²) in [6.07, 6.45) is -0.752. The van der Waals surface area contributed by atoms with Crippen molar-refractivity contribution in [2.45, 2.75) is 38.5 Å². The van der Waals surface area contributed by atoms with Crippen LogP contribution in [0.25, 0.3) is 0 Å². The zero-order chi connectivity index (χ0) is 10.9. The van der Waals surface area contributed by atoms with Gasteiger partial charge in [0.1, 0.15) is 17.9 Å². The van der Waals surface area contributed by atoms with Gasteiger partial charge in [-0.05, 0) is 20.8 Å². The molecule has 14 heavy (non-hydrogen) atoms. The Morgan fingerprint density at radius 2 is 2.14 bits per heavy atom. The molecule has 1 saturated heterocycles. The van der Waals surface area contributed by atoms with Gasteiger partial charge in [0.25, 0.3) is 0 Å². The number of nitrogens with zero attached hydrogens (tertiary/aromatic N) is 1. The lowest BCUT2D eigenvalue weighted by molar-refractivity contribution is -0.127. The zero-order valence-corrected chi connectivity index (χ0v) is 8.56. The highest BCUT2D eigenvalue weighted by Gasteiger charge is 2.42. The van der Waals surface area contributed by atoms with Gasteiger partial charge in [-0.1, -0.05) is 0 Å². The van der Waals surface area contributed by atoms with Crippen LogP contribution in [0.3, 0.4) is 0 Å². The monoisotopic (exact) mass is 201 g/mol. The molecular formula is C9H15NO4. The van der Waals surface area contributed by atoms with Gasteiger partial charge >= 0.3 is 6.09 Å². The molecule has 1 fully saturated rings. The van der Waals surface area contributed by atoms with Crippen LogP contribution in [0.1, 0.15) is 20.8 Å². The Morgan fingerprint density at radius 3 is 2.50 bits per heavy atom. The average Bonchev–Trinajstić information content (AvgIpc) is 1.97. The number of rotatable bonds is 1. The van der Waals surface area contributed by atoms with Crippen LogP contribution in [-0.2, 0) is 9.53 Å². The Morgan fingerprint density at radius 1 is 1.57 bits per heavy atom. The van der Waals surface area contributed by atoms with Crippen molar-refractivity contribution < 1.29 is 19.4 Å². The predicted octanol–water partition coefficient (Wildman–Crippen LogP) is 0.166. The Hall–Kier alpha value is -1.10. The van der Waals surface area contributed by atoms with E-state index in [1.54, 1.807) is 20.8 Å². The van der Waals surface area contributed by atoms with E-state index in [1.807, 2.05) is 0 Å². The van der Waals surface area contributed by atoms with Crippen LogP contribution in [0.4, 0.5) is 4.79 Å². The van der Waals surface area contributed by atoms with Gasteiger partial charge in [0.05, 0.1) is 12.6 Å². The Balaban J connectivity index is 2.51. The molecule has 80 valence electrons. The minimum atomic E-state index is -0.750. The molecule has 0 aliphatic carbocycles. The van der Waals surface area contributed by atoms with Gasteiger partial charge in [-0.3, -0.25) is 4.90 Å². The summed E-state index contributed by atoms with van der Waals surface area (Å²) in [5.74, 6) is 0. The highest BCUT2D eigenvalue weighted by molar-refractivity contribution is 5.76. The van der Waals surface area contributed by atoms with E-state index in [0.717, 1.165) is 0 Å². The van der Waals surface area contributed by atoms with Crippen molar-refractivity contribution in [2.24, 2.45) is 0 Å². The third-order valence-corrected chi connectivity index (χ3v) is 1.91. The van der Waals surface area contributed by atoms with Crippen LogP contribution >= 0.6 is 0 Å². The van der Waals surface area contributed by atoms with Crippen molar-refractivity contribution in [1.29, 1.82) is 0 Å². The molecule has 0 saturated carbocycles. The van der Waals surface area contributed by atoms with Gasteiger partial charge in [0.2, 0.25) is 0 Å². The summed E-state index contributed by atoms with van der Waals surface area (Å²) < 4.78 is 5.04. The Labute approximate surface area is 82.6 Å². The number of hydrogen-bond acceptors (Lipinski definition) is 4. The fourth-order valence-electron chi connectivity index (χ4n) is 1.18. The summed E-state index contributed by atoms with van der Waals surface area (Å²) in [4.78, 5) is 23.1. The molecule has 1 heterocycles. The van der Waals surface area contributed by atoms with Crippen molar-refractivity contribution in [3.63, 3.8) is 0 Å². The van der Waals surface area contributed by atoms with E-state index in [9.17, 15) is 9.59 Å². The molecule has 0 unspecified atom stereocenters. The highest BCUT2D eigenvalue weighted by atomic mass is 16.6. The van der Waals surface area contributed by atoms with Crippen LogP contribution in [0.15, 0.2) is 0 Å². The largest absolute Gasteiger partial charge is 0.444 e. The molecule has 2 atom stereocenters. The number of amides is 1. The first-order valence-electron chi connectivity index (χ1n) is 4.48. The van der Waals surface area contributed by atoms with Crippen LogP contribution in [0, 0.1) is 0 Å². The number of carbonyl (C=O) groups is 2. The van der Waals surface area contributed by atoms with Crippen LogP contribution in [-0.4, -0.2) is 46.7 Å². The molecule has 0 radical (unpaired) electrons. The maximum Gasteiger partial charge on any atom is 0.411 e. The predicted molar refractivity (Wildman–Crippen MR) is 48.8 cm³/mol. The molecule has 5 heteroatoms. The quantitative estimate of drug-likeness (QED) is 0.614. The van der Waals surface area contributed by atoms with E-state index in [2.05, 4.69) is 0 Å². The summed E-state index contributed by atoms with van der Waals surface area (Å²) in [5.41, 5.74) is -0.578. The normalized spacial score (nSPS) is 26.7. The lowest BCUT2D eigenvalue weighted by Crippen LogP contribution is -2.63. The third-order valence-electron chi connectivity index (χ3n) is 1.91. The minimum absolute atomic E-state index is 0.165. The van der Waals surface area contributed by atoms with E-state index >= 15 is 0 Å². The third kappa shape index (κ3) is 2.23. The maximum atomic E-state index is 11.4. The molecule has 0 bridgehead atoms. The number of aliphatic hydroxyl groups excluding tert-OH is 1. The van der Waals surface area contributed by atoms with Gasteiger partial charge in [-0.2, -0.15) is 0 Å². The summed E-state index contributed by atoms with van der Waals surface area (Å²) >= 11 is 0. The van der Waals surface area contributed by atoms with Crippen molar-refractivity contribution in [1.82, 2.24) is 4.90 Å². The number of β-amino-alcohol motifs (C(OH)–C–C–N with tert-alkyl or cyclic N) is 1. The van der Waals surface area contributed by atoms with Crippen LogP contribution in [0.5, 0.6) is 0 Å². The van der Waals surface area contributed by atoms with Gasteiger partial charge in [0, 0.05) is 0 Å². The van der Waals surface area contributed by atoms with Crippen molar-refractivity contribution in [2.75, 3.05) is 6.54 Å². The lowest BCUT2D eigenvalue weighted by atomic mass is 10.0. The van der Waals surface area contributed by atoms with E-state index in [-0.39, 0.29) is 6.54 Å². The second-order valence-electron chi connectivity index (χ2n) is 4.33. The van der Waals surface area contributed by atoms with Crippen molar-refractivity contribution in [3.8, 4) is 0 Å². The fourth-order valence-corrected chi connectivity index (χ4v) is 1.18. The van der Waals surface area contributed by atoms with E-state index in [0.29, 0.717) is 6.29 Å². The zero-order valence-electron chi connectivity index (χ0n) is 8.56. The second-order valence-corrected chi connectivity index (χ2v) is 4.33. The number of ether oxygens (including phenoxy) is 1. The van der Waals surface area contributed by atoms with E-state index in [1.165, 1.54) is 4.90 Å². The average molecular weight is 201 g/mol. The van der Waals surface area contributed by atoms with Gasteiger partial charge in [-0.15, -0.1) is 0 Å². The van der Waals surface area contributed by atoms with Crippen LogP contribution in [0.2, 0.25) is 0 Å². The molecule has 5 nitrogen and oxygen atoms in total. The Kier molecular flexibility index (Phi) is 2.80. The van der Waals surface area contributed by atoms with Crippen molar-refractivity contribution in [3.05, 3.63) is 0 Å². The van der Waals surface area contributed by atoms with E-state index in [4.69, 9.17) is 9.84 Å².